The first-order valence-corrected chi connectivity index (χ1v) is 8.02. The molecule has 4 N–H and O–H groups in total. The van der Waals surface area contributed by atoms with Gasteiger partial charge in [0, 0.05) is 17.8 Å². The van der Waals surface area contributed by atoms with Crippen LogP contribution >= 0.6 is 0 Å². The van der Waals surface area contributed by atoms with Crippen LogP contribution in [0.25, 0.3) is 0 Å². The topological polar surface area (TPSA) is 136 Å². The van der Waals surface area contributed by atoms with Crippen molar-refractivity contribution in [3.8, 4) is 0 Å². The molecule has 0 spiro atoms. The Labute approximate surface area is 122 Å². The molecular weight excluding hydrogens is 298 g/mol. The second-order valence-corrected chi connectivity index (χ2v) is 6.79. The summed E-state index contributed by atoms with van der Waals surface area (Å²) in [7, 11) is -4.03. The zero-order chi connectivity index (χ0) is 15.6. The lowest BCUT2D eigenvalue weighted by atomic mass is 9.94. The second-order valence-electron chi connectivity index (χ2n) is 5.11. The summed E-state index contributed by atoms with van der Waals surface area (Å²) in [6.07, 6.45) is 1.60. The van der Waals surface area contributed by atoms with E-state index >= 15 is 0 Å². The fourth-order valence-electron chi connectivity index (χ4n) is 2.37. The van der Waals surface area contributed by atoms with E-state index in [1.54, 1.807) is 0 Å². The largest absolute Gasteiger partial charge is 0.399 e. The minimum atomic E-state index is -4.03. The van der Waals surface area contributed by atoms with E-state index in [-0.39, 0.29) is 11.7 Å². The van der Waals surface area contributed by atoms with Crippen molar-refractivity contribution >= 4 is 21.4 Å². The number of nitrogens with zero attached hydrogens (tertiary/aromatic N) is 1. The third-order valence-electron chi connectivity index (χ3n) is 3.49. The lowest BCUT2D eigenvalue weighted by molar-refractivity contribution is -0.387. The number of nitrogens with one attached hydrogen (secondary N) is 1. The maximum absolute atomic E-state index is 12.3. The van der Waals surface area contributed by atoms with Crippen LogP contribution in [0.4, 0.5) is 11.4 Å². The van der Waals surface area contributed by atoms with Gasteiger partial charge < -0.3 is 10.8 Å². The monoisotopic (exact) mass is 315 g/mol. The third kappa shape index (κ3) is 3.69. The average molecular weight is 315 g/mol. The molecule has 1 fully saturated rings. The van der Waals surface area contributed by atoms with Gasteiger partial charge in [-0.15, -0.1) is 0 Å². The van der Waals surface area contributed by atoms with Crippen molar-refractivity contribution in [3.05, 3.63) is 28.3 Å². The quantitative estimate of drug-likeness (QED) is 0.426. The van der Waals surface area contributed by atoms with Crippen LogP contribution in [0.1, 0.15) is 25.7 Å². The van der Waals surface area contributed by atoms with E-state index in [9.17, 15) is 23.6 Å². The van der Waals surface area contributed by atoms with E-state index in [1.807, 2.05) is 0 Å². The molecule has 2 rings (SSSR count). The number of rotatable bonds is 4. The molecule has 0 heterocycles. The van der Waals surface area contributed by atoms with E-state index in [0.29, 0.717) is 25.7 Å². The summed E-state index contributed by atoms with van der Waals surface area (Å²) < 4.78 is 27.1. The van der Waals surface area contributed by atoms with E-state index < -0.39 is 31.6 Å². The Morgan fingerprint density at radius 2 is 1.90 bits per heavy atom. The minimum absolute atomic E-state index is 0.139. The van der Waals surface area contributed by atoms with E-state index in [0.717, 1.165) is 12.1 Å². The standard InChI is InChI=1S/C12H17N3O5S/c13-8-1-6-11(15(17)18)12(7-8)21(19,20)14-9-2-4-10(16)5-3-9/h1,6-7,9-10,14,16H,2-5,13H2. The highest BCUT2D eigenvalue weighted by Gasteiger charge is 2.30. The third-order valence-corrected chi connectivity index (χ3v) is 5.04. The lowest BCUT2D eigenvalue weighted by Crippen LogP contribution is -2.38. The molecular formula is C12H17N3O5S. The highest BCUT2D eigenvalue weighted by molar-refractivity contribution is 7.89. The Kier molecular flexibility index (Phi) is 4.45. The SMILES string of the molecule is Nc1ccc([N+](=O)[O-])c(S(=O)(=O)NC2CCC(O)CC2)c1. The van der Waals surface area contributed by atoms with Crippen LogP contribution < -0.4 is 10.5 Å². The molecule has 21 heavy (non-hydrogen) atoms. The molecule has 1 aliphatic carbocycles. The maximum Gasteiger partial charge on any atom is 0.289 e. The maximum atomic E-state index is 12.3. The first-order chi connectivity index (χ1) is 9.79. The van der Waals surface area contributed by atoms with E-state index in [2.05, 4.69) is 4.72 Å². The lowest BCUT2D eigenvalue weighted by Gasteiger charge is -2.25. The number of aliphatic hydroxyl groups is 1. The van der Waals surface area contributed by atoms with Gasteiger partial charge in [0.25, 0.3) is 5.69 Å². The van der Waals surface area contributed by atoms with Crippen molar-refractivity contribution in [2.45, 2.75) is 42.7 Å². The molecule has 1 saturated carbocycles. The smallest absolute Gasteiger partial charge is 0.289 e. The van der Waals surface area contributed by atoms with Gasteiger partial charge in [-0.25, -0.2) is 13.1 Å². The molecule has 8 nitrogen and oxygen atoms in total. The fourth-order valence-corrected chi connectivity index (χ4v) is 3.88. The molecule has 0 aromatic heterocycles. The van der Waals surface area contributed by atoms with Gasteiger partial charge in [0.05, 0.1) is 11.0 Å². The average Bonchev–Trinajstić information content (AvgIpc) is 2.41. The fraction of sp³-hybridized carbons (Fsp3) is 0.500. The Morgan fingerprint density at radius 1 is 1.29 bits per heavy atom. The number of nitro benzene ring substituents is 1. The summed E-state index contributed by atoms with van der Waals surface area (Å²) in [4.78, 5) is 9.77. The molecule has 0 atom stereocenters. The number of hydrogen-bond donors (Lipinski definition) is 3. The van der Waals surface area contributed by atoms with Crippen LogP contribution in [0.3, 0.4) is 0 Å². The molecule has 0 radical (unpaired) electrons. The van der Waals surface area contributed by atoms with Gasteiger partial charge in [0.15, 0.2) is 4.90 Å². The molecule has 9 heteroatoms. The minimum Gasteiger partial charge on any atom is -0.399 e. The van der Waals surface area contributed by atoms with Crippen molar-refractivity contribution in [3.63, 3.8) is 0 Å². The van der Waals surface area contributed by atoms with Crippen molar-refractivity contribution < 1.29 is 18.4 Å². The molecule has 0 bridgehead atoms. The second kappa shape index (κ2) is 5.96. The molecule has 1 aliphatic rings. The summed E-state index contributed by atoms with van der Waals surface area (Å²) in [5.41, 5.74) is 5.16. The molecule has 1 aromatic carbocycles. The summed E-state index contributed by atoms with van der Waals surface area (Å²) >= 11 is 0. The number of sulfonamides is 1. The summed E-state index contributed by atoms with van der Waals surface area (Å²) in [6.45, 7) is 0. The Hall–Kier alpha value is -1.71. The summed E-state index contributed by atoms with van der Waals surface area (Å²) in [5, 5.41) is 20.4. The van der Waals surface area contributed by atoms with Crippen molar-refractivity contribution in [2.75, 3.05) is 5.73 Å². The zero-order valence-corrected chi connectivity index (χ0v) is 12.0. The number of nitrogen functional groups attached to an aromatic ring is 1. The number of anilines is 1. The first kappa shape index (κ1) is 15.7. The van der Waals surface area contributed by atoms with Gasteiger partial charge in [-0.1, -0.05) is 0 Å². The van der Waals surface area contributed by atoms with Crippen LogP contribution in [0, 0.1) is 10.1 Å². The van der Waals surface area contributed by atoms with Crippen LogP contribution in [0.2, 0.25) is 0 Å². The number of benzene rings is 1. The predicted octanol–water partition coefficient (Wildman–Crippen LogP) is 0.759. The van der Waals surface area contributed by atoms with Crippen molar-refractivity contribution in [2.24, 2.45) is 0 Å². The number of nitrogens with two attached hydrogens (primary N) is 1. The summed E-state index contributed by atoms with van der Waals surface area (Å²) in [5.74, 6) is 0. The Bertz CT molecular complexity index is 638. The highest BCUT2D eigenvalue weighted by atomic mass is 32.2. The van der Waals surface area contributed by atoms with Gasteiger partial charge in [-0.05, 0) is 37.8 Å². The van der Waals surface area contributed by atoms with Crippen LogP contribution in [0.5, 0.6) is 0 Å². The van der Waals surface area contributed by atoms with E-state index in [4.69, 9.17) is 5.73 Å². The van der Waals surface area contributed by atoms with Gasteiger partial charge in [-0.2, -0.15) is 0 Å². The highest BCUT2D eigenvalue weighted by Crippen LogP contribution is 2.27. The van der Waals surface area contributed by atoms with Gasteiger partial charge in [0.2, 0.25) is 10.0 Å². The predicted molar refractivity (Wildman–Crippen MR) is 76.1 cm³/mol. The first-order valence-electron chi connectivity index (χ1n) is 6.54. The Balaban J connectivity index is 2.27. The van der Waals surface area contributed by atoms with Crippen molar-refractivity contribution in [1.29, 1.82) is 0 Å². The van der Waals surface area contributed by atoms with Crippen LogP contribution in [-0.2, 0) is 10.0 Å². The van der Waals surface area contributed by atoms with Gasteiger partial charge in [0.1, 0.15) is 0 Å². The summed E-state index contributed by atoms with van der Waals surface area (Å²) in [6, 6.07) is 3.11. The molecule has 0 aliphatic heterocycles. The normalized spacial score (nSPS) is 22.9. The number of aliphatic hydroxyl groups excluding tert-OH is 1. The van der Waals surface area contributed by atoms with Crippen molar-refractivity contribution in [1.82, 2.24) is 4.72 Å². The van der Waals surface area contributed by atoms with E-state index in [1.165, 1.54) is 6.07 Å². The van der Waals surface area contributed by atoms with Gasteiger partial charge >= 0.3 is 0 Å². The molecule has 0 unspecified atom stereocenters. The van der Waals surface area contributed by atoms with Crippen LogP contribution in [-0.4, -0.2) is 30.6 Å². The molecule has 116 valence electrons. The Morgan fingerprint density at radius 3 is 2.48 bits per heavy atom. The number of hydrogen-bond acceptors (Lipinski definition) is 6. The number of nitro groups is 1. The molecule has 0 amide bonds. The van der Waals surface area contributed by atoms with Gasteiger partial charge in [-0.3, -0.25) is 10.1 Å². The van der Waals surface area contributed by atoms with Crippen LogP contribution in [0.15, 0.2) is 23.1 Å². The molecule has 1 aromatic rings. The molecule has 0 saturated heterocycles. The zero-order valence-electron chi connectivity index (χ0n) is 11.2.